The van der Waals surface area contributed by atoms with E-state index in [1.165, 1.54) is 28.5 Å². The zero-order valence-electron chi connectivity index (χ0n) is 17.7. The van der Waals surface area contributed by atoms with Crippen LogP contribution in [0.4, 0.5) is 5.82 Å². The molecular weight excluding hydrogens is 474 g/mol. The summed E-state index contributed by atoms with van der Waals surface area (Å²) in [6.07, 6.45) is 7.88. The van der Waals surface area contributed by atoms with Gasteiger partial charge in [0, 0.05) is 29.5 Å². The molecule has 10 heteroatoms. The molecule has 0 unspecified atom stereocenters. The number of hydrogen-bond donors (Lipinski definition) is 1. The number of nitrogens with zero attached hydrogens (tertiary/aromatic N) is 4. The Balaban J connectivity index is 1.51. The van der Waals surface area contributed by atoms with Crippen LogP contribution in [0.2, 0.25) is 4.34 Å². The van der Waals surface area contributed by atoms with E-state index in [0.717, 1.165) is 10.4 Å². The van der Waals surface area contributed by atoms with Crippen molar-refractivity contribution in [1.29, 1.82) is 0 Å². The second-order valence-corrected chi connectivity index (χ2v) is 9.21. The molecule has 5 aromatic heterocycles. The lowest BCUT2D eigenvalue weighted by molar-refractivity contribution is 0.0947. The molecule has 170 valence electrons. The molecule has 0 aliphatic rings. The second kappa shape index (κ2) is 9.50. The van der Waals surface area contributed by atoms with E-state index in [0.29, 0.717) is 40.1 Å². The molecule has 0 spiro atoms. The first-order valence-electron chi connectivity index (χ1n) is 10.3. The number of carbonyl (C=O) groups is 1. The van der Waals surface area contributed by atoms with E-state index >= 15 is 0 Å². The average Bonchev–Trinajstić information content (AvgIpc) is 3.61. The molecule has 1 N–H and O–H groups in total. The Bertz CT molecular complexity index is 1490. The normalized spacial score (nSPS) is 11.0. The maximum Gasteiger partial charge on any atom is 0.283 e. The van der Waals surface area contributed by atoms with Gasteiger partial charge in [-0.05, 0) is 48.0 Å². The van der Waals surface area contributed by atoms with Crippen LogP contribution < -0.4 is 10.9 Å². The van der Waals surface area contributed by atoms with Gasteiger partial charge in [0.1, 0.15) is 17.8 Å². The highest BCUT2D eigenvalue weighted by molar-refractivity contribution is 7.16. The van der Waals surface area contributed by atoms with Crippen molar-refractivity contribution in [3.8, 4) is 11.3 Å². The van der Waals surface area contributed by atoms with Gasteiger partial charge in [-0.3, -0.25) is 14.6 Å². The molecule has 0 bridgehead atoms. The Morgan fingerprint density at radius 2 is 2.00 bits per heavy atom. The highest BCUT2D eigenvalue weighted by atomic mass is 35.5. The van der Waals surface area contributed by atoms with Crippen molar-refractivity contribution in [2.24, 2.45) is 0 Å². The summed E-state index contributed by atoms with van der Waals surface area (Å²) in [5.41, 5.74) is 1.86. The van der Waals surface area contributed by atoms with Gasteiger partial charge >= 0.3 is 0 Å². The van der Waals surface area contributed by atoms with Gasteiger partial charge in [0.15, 0.2) is 0 Å². The summed E-state index contributed by atoms with van der Waals surface area (Å²) in [7, 11) is 0. The van der Waals surface area contributed by atoms with E-state index in [2.05, 4.69) is 15.4 Å². The van der Waals surface area contributed by atoms with Crippen LogP contribution in [0, 0.1) is 0 Å². The number of nitrogens with one attached hydrogen (secondary N) is 1. The predicted molar refractivity (Wildman–Crippen MR) is 130 cm³/mol. The Morgan fingerprint density at radius 1 is 1.15 bits per heavy atom. The molecular formula is C24H18ClN5O3S. The van der Waals surface area contributed by atoms with Crippen LogP contribution in [0.5, 0.6) is 0 Å². The maximum absolute atomic E-state index is 13.2. The molecule has 0 amide bonds. The molecule has 0 atom stereocenters. The van der Waals surface area contributed by atoms with Crippen molar-refractivity contribution in [2.75, 3.05) is 5.32 Å². The third-order valence-corrected chi connectivity index (χ3v) is 6.37. The van der Waals surface area contributed by atoms with Gasteiger partial charge in [-0.25, -0.2) is 0 Å². The molecule has 0 aliphatic carbocycles. The van der Waals surface area contributed by atoms with Gasteiger partial charge in [-0.1, -0.05) is 11.6 Å². The zero-order valence-corrected chi connectivity index (χ0v) is 19.3. The smallest absolute Gasteiger partial charge is 0.283 e. The number of pyridine rings is 2. The summed E-state index contributed by atoms with van der Waals surface area (Å²) in [5.74, 6) is 0.0782. The molecule has 8 nitrogen and oxygen atoms in total. The first kappa shape index (κ1) is 21.9. The lowest BCUT2D eigenvalue weighted by Crippen LogP contribution is -2.22. The molecule has 0 aromatic carbocycles. The topological polar surface area (TPSA) is 94.9 Å². The Labute approximate surface area is 203 Å². The van der Waals surface area contributed by atoms with E-state index in [-0.39, 0.29) is 11.5 Å². The van der Waals surface area contributed by atoms with E-state index < -0.39 is 0 Å². The minimum Gasteiger partial charge on any atom is -0.472 e. The van der Waals surface area contributed by atoms with Crippen molar-refractivity contribution in [3.63, 3.8) is 0 Å². The van der Waals surface area contributed by atoms with Crippen molar-refractivity contribution in [1.82, 2.24) is 19.3 Å². The number of aromatic nitrogens is 4. The number of furan rings is 1. The third-order valence-electron chi connectivity index (χ3n) is 5.14. The Morgan fingerprint density at radius 3 is 2.74 bits per heavy atom. The number of rotatable bonds is 7. The molecule has 0 saturated heterocycles. The second-order valence-electron chi connectivity index (χ2n) is 7.41. The van der Waals surface area contributed by atoms with E-state index in [4.69, 9.17) is 16.0 Å². The van der Waals surface area contributed by atoms with Crippen LogP contribution in [0.25, 0.3) is 11.3 Å². The summed E-state index contributed by atoms with van der Waals surface area (Å²) in [5, 5.41) is 7.71. The van der Waals surface area contributed by atoms with Crippen molar-refractivity contribution < 1.29 is 9.21 Å². The monoisotopic (exact) mass is 491 g/mol. The van der Waals surface area contributed by atoms with Crippen LogP contribution in [-0.4, -0.2) is 25.2 Å². The van der Waals surface area contributed by atoms with Crippen LogP contribution >= 0.6 is 22.9 Å². The fourth-order valence-corrected chi connectivity index (χ4v) is 4.49. The van der Waals surface area contributed by atoms with Gasteiger partial charge in [-0.2, -0.15) is 9.78 Å². The van der Waals surface area contributed by atoms with Crippen molar-refractivity contribution in [3.05, 3.63) is 110 Å². The van der Waals surface area contributed by atoms with Crippen LogP contribution in [0.3, 0.4) is 0 Å². The highest BCUT2D eigenvalue weighted by Gasteiger charge is 2.20. The largest absolute Gasteiger partial charge is 0.472 e. The number of anilines is 1. The summed E-state index contributed by atoms with van der Waals surface area (Å²) in [4.78, 5) is 31.3. The molecule has 0 saturated carbocycles. The summed E-state index contributed by atoms with van der Waals surface area (Å²) < 4.78 is 8.58. The third kappa shape index (κ3) is 4.57. The molecule has 0 radical (unpaired) electrons. The molecule has 0 fully saturated rings. The zero-order chi connectivity index (χ0) is 23.5. The van der Waals surface area contributed by atoms with Gasteiger partial charge in [-0.15, -0.1) is 11.3 Å². The van der Waals surface area contributed by atoms with Crippen LogP contribution in [0.15, 0.2) is 88.9 Å². The number of halogens is 1. The highest BCUT2D eigenvalue weighted by Crippen LogP contribution is 2.25. The first-order chi connectivity index (χ1) is 16.6. The lowest BCUT2D eigenvalue weighted by atomic mass is 10.2. The van der Waals surface area contributed by atoms with Crippen LogP contribution in [0.1, 0.15) is 20.8 Å². The maximum atomic E-state index is 13.2. The standard InChI is InChI=1S/C24H18ClN5O3S/c25-21-4-3-18(34-21)13-27-22-12-20(28-30(22)23(31)17-7-11-33-15-17)19-2-1-10-29(24(19)32)14-16-5-8-26-9-6-16/h1-12,15,27H,13-14H2. The summed E-state index contributed by atoms with van der Waals surface area (Å²) in [6, 6.07) is 14.2. The predicted octanol–water partition coefficient (Wildman–Crippen LogP) is 4.76. The minimum absolute atomic E-state index is 0.212. The fraction of sp³-hybridized carbons (Fsp3) is 0.0833. The van der Waals surface area contributed by atoms with Crippen molar-refractivity contribution in [2.45, 2.75) is 13.1 Å². The number of hydrogen-bond acceptors (Lipinski definition) is 7. The number of carbonyl (C=O) groups excluding carboxylic acids is 1. The SMILES string of the molecule is O=C(c1ccoc1)n1nc(-c2cccn(Cc3ccncc3)c2=O)cc1NCc1ccc(Cl)s1. The lowest BCUT2D eigenvalue weighted by Gasteiger charge is -2.07. The molecule has 5 rings (SSSR count). The Hall–Kier alpha value is -3.95. The minimum atomic E-state index is -0.375. The molecule has 0 aliphatic heterocycles. The summed E-state index contributed by atoms with van der Waals surface area (Å²) in [6.45, 7) is 0.844. The number of thiophene rings is 1. The van der Waals surface area contributed by atoms with Gasteiger partial charge < -0.3 is 14.3 Å². The van der Waals surface area contributed by atoms with Gasteiger partial charge in [0.25, 0.3) is 11.5 Å². The van der Waals surface area contributed by atoms with Crippen molar-refractivity contribution >= 4 is 34.7 Å². The quantitative estimate of drug-likeness (QED) is 0.352. The molecule has 5 heterocycles. The van der Waals surface area contributed by atoms with E-state index in [1.54, 1.807) is 47.4 Å². The van der Waals surface area contributed by atoms with Gasteiger partial charge in [0.2, 0.25) is 0 Å². The molecule has 34 heavy (non-hydrogen) atoms. The average molecular weight is 492 g/mol. The first-order valence-corrected chi connectivity index (χ1v) is 11.5. The van der Waals surface area contributed by atoms with Gasteiger partial charge in [0.05, 0.1) is 34.8 Å². The van der Waals surface area contributed by atoms with Crippen LogP contribution in [-0.2, 0) is 13.1 Å². The summed E-state index contributed by atoms with van der Waals surface area (Å²) >= 11 is 7.48. The molecule has 5 aromatic rings. The fourth-order valence-electron chi connectivity index (χ4n) is 3.47. The van der Waals surface area contributed by atoms with E-state index in [1.807, 2.05) is 24.3 Å². The Kier molecular flexibility index (Phi) is 6.11. The van der Waals surface area contributed by atoms with E-state index in [9.17, 15) is 9.59 Å².